The first-order valence-corrected chi connectivity index (χ1v) is 6.04. The van der Waals surface area contributed by atoms with E-state index in [1.54, 1.807) is 18.2 Å². The molecule has 0 fully saturated rings. The Morgan fingerprint density at radius 3 is 2.89 bits per heavy atom. The van der Waals surface area contributed by atoms with E-state index in [1.165, 1.54) is 6.07 Å². The van der Waals surface area contributed by atoms with Crippen molar-refractivity contribution in [1.82, 2.24) is 15.5 Å². The molecule has 2 aromatic rings. The molecule has 0 bridgehead atoms. The molecule has 1 N–H and O–H groups in total. The van der Waals surface area contributed by atoms with Crippen LogP contribution in [0.5, 0.6) is 0 Å². The fourth-order valence-electron chi connectivity index (χ4n) is 1.61. The van der Waals surface area contributed by atoms with Gasteiger partial charge in [-0.3, -0.25) is 0 Å². The quantitative estimate of drug-likeness (QED) is 0.885. The van der Waals surface area contributed by atoms with Crippen LogP contribution in [0.15, 0.2) is 28.8 Å². The summed E-state index contributed by atoms with van der Waals surface area (Å²) in [4.78, 5) is 4.21. The highest BCUT2D eigenvalue weighted by molar-refractivity contribution is 5.54. The molecule has 1 heterocycles. The Hall–Kier alpha value is -1.75. The van der Waals surface area contributed by atoms with Crippen molar-refractivity contribution in [2.75, 3.05) is 6.54 Å². The Morgan fingerprint density at radius 2 is 2.17 bits per heavy atom. The standard InChI is InChI=1S/C13H16FN3O/c1-3-8-15-9(2)13-16-12(17-18-13)10-6-4-5-7-11(10)14/h4-7,9,15H,3,8H2,1-2H3. The van der Waals surface area contributed by atoms with Crippen molar-refractivity contribution < 1.29 is 8.91 Å². The first-order valence-electron chi connectivity index (χ1n) is 6.04. The fourth-order valence-corrected chi connectivity index (χ4v) is 1.61. The van der Waals surface area contributed by atoms with E-state index in [0.717, 1.165) is 13.0 Å². The lowest BCUT2D eigenvalue weighted by Gasteiger charge is -2.06. The van der Waals surface area contributed by atoms with Crippen LogP contribution in [0, 0.1) is 5.82 Å². The lowest BCUT2D eigenvalue weighted by Crippen LogP contribution is -2.19. The summed E-state index contributed by atoms with van der Waals surface area (Å²) in [6.07, 6.45) is 1.03. The van der Waals surface area contributed by atoms with Crippen LogP contribution in [0.3, 0.4) is 0 Å². The Kier molecular flexibility index (Phi) is 4.04. The summed E-state index contributed by atoms with van der Waals surface area (Å²) in [6, 6.07) is 6.36. The van der Waals surface area contributed by atoms with Gasteiger partial charge in [0.15, 0.2) is 0 Å². The molecule has 96 valence electrons. The zero-order valence-corrected chi connectivity index (χ0v) is 10.5. The maximum atomic E-state index is 13.6. The summed E-state index contributed by atoms with van der Waals surface area (Å²) in [5.74, 6) is 0.411. The van der Waals surface area contributed by atoms with Crippen molar-refractivity contribution in [3.8, 4) is 11.4 Å². The van der Waals surface area contributed by atoms with Crippen LogP contribution in [0.2, 0.25) is 0 Å². The molecular formula is C13H16FN3O. The Bertz CT molecular complexity index is 512. The van der Waals surface area contributed by atoms with Crippen LogP contribution in [0.25, 0.3) is 11.4 Å². The first kappa shape index (κ1) is 12.7. The van der Waals surface area contributed by atoms with E-state index < -0.39 is 0 Å². The van der Waals surface area contributed by atoms with Crippen molar-refractivity contribution in [2.45, 2.75) is 26.3 Å². The van der Waals surface area contributed by atoms with E-state index >= 15 is 0 Å². The summed E-state index contributed by atoms with van der Waals surface area (Å²) in [5, 5.41) is 7.05. The molecule has 18 heavy (non-hydrogen) atoms. The second kappa shape index (κ2) is 5.73. The van der Waals surface area contributed by atoms with Gasteiger partial charge in [-0.15, -0.1) is 0 Å². The Labute approximate surface area is 105 Å². The normalized spacial score (nSPS) is 12.6. The topological polar surface area (TPSA) is 51.0 Å². The molecular weight excluding hydrogens is 233 g/mol. The lowest BCUT2D eigenvalue weighted by molar-refractivity contribution is 0.340. The number of rotatable bonds is 5. The van der Waals surface area contributed by atoms with Crippen LogP contribution in [-0.4, -0.2) is 16.7 Å². The van der Waals surface area contributed by atoms with Gasteiger partial charge in [0.05, 0.1) is 11.6 Å². The van der Waals surface area contributed by atoms with Crippen LogP contribution < -0.4 is 5.32 Å². The molecule has 0 amide bonds. The number of aromatic nitrogens is 2. The van der Waals surface area contributed by atoms with Crippen LogP contribution >= 0.6 is 0 Å². The minimum atomic E-state index is -0.348. The van der Waals surface area contributed by atoms with Gasteiger partial charge in [-0.25, -0.2) is 4.39 Å². The summed E-state index contributed by atoms with van der Waals surface area (Å²) in [5.41, 5.74) is 0.357. The third-order valence-corrected chi connectivity index (χ3v) is 2.63. The highest BCUT2D eigenvalue weighted by Crippen LogP contribution is 2.21. The summed E-state index contributed by atoms with van der Waals surface area (Å²) in [7, 11) is 0. The maximum absolute atomic E-state index is 13.6. The average Bonchev–Trinajstić information content (AvgIpc) is 2.86. The smallest absolute Gasteiger partial charge is 0.243 e. The fraction of sp³-hybridized carbons (Fsp3) is 0.385. The lowest BCUT2D eigenvalue weighted by atomic mass is 10.2. The number of hydrogen-bond acceptors (Lipinski definition) is 4. The molecule has 0 radical (unpaired) electrons. The second-order valence-electron chi connectivity index (χ2n) is 4.11. The van der Waals surface area contributed by atoms with Crippen molar-refractivity contribution in [2.24, 2.45) is 0 Å². The van der Waals surface area contributed by atoms with Gasteiger partial charge in [0.2, 0.25) is 11.7 Å². The van der Waals surface area contributed by atoms with Gasteiger partial charge in [0.1, 0.15) is 5.82 Å². The number of benzene rings is 1. The Balaban J connectivity index is 2.18. The zero-order chi connectivity index (χ0) is 13.0. The molecule has 0 spiro atoms. The third-order valence-electron chi connectivity index (χ3n) is 2.63. The minimum Gasteiger partial charge on any atom is -0.337 e. The van der Waals surface area contributed by atoms with Crippen LogP contribution in [0.4, 0.5) is 4.39 Å². The zero-order valence-electron chi connectivity index (χ0n) is 10.5. The number of nitrogens with zero attached hydrogens (tertiary/aromatic N) is 2. The van der Waals surface area contributed by atoms with Crippen LogP contribution in [-0.2, 0) is 0 Å². The number of hydrogen-bond donors (Lipinski definition) is 1. The SMILES string of the molecule is CCCNC(C)c1nc(-c2ccccc2F)no1. The molecule has 0 saturated carbocycles. The summed E-state index contributed by atoms with van der Waals surface area (Å²) < 4.78 is 18.7. The van der Waals surface area contributed by atoms with Gasteiger partial charge in [-0.1, -0.05) is 24.2 Å². The van der Waals surface area contributed by atoms with Gasteiger partial charge >= 0.3 is 0 Å². The molecule has 0 aliphatic heterocycles. The highest BCUT2D eigenvalue weighted by atomic mass is 19.1. The van der Waals surface area contributed by atoms with E-state index in [-0.39, 0.29) is 17.7 Å². The third kappa shape index (κ3) is 2.73. The summed E-state index contributed by atoms with van der Waals surface area (Å²) >= 11 is 0. The second-order valence-corrected chi connectivity index (χ2v) is 4.11. The van der Waals surface area contributed by atoms with Crippen molar-refractivity contribution in [3.63, 3.8) is 0 Å². The molecule has 1 unspecified atom stereocenters. The van der Waals surface area contributed by atoms with Crippen molar-refractivity contribution in [3.05, 3.63) is 36.0 Å². The van der Waals surface area contributed by atoms with Gasteiger partial charge in [0, 0.05) is 0 Å². The monoisotopic (exact) mass is 249 g/mol. The van der Waals surface area contributed by atoms with Crippen molar-refractivity contribution in [1.29, 1.82) is 0 Å². The van der Waals surface area contributed by atoms with E-state index in [1.807, 2.05) is 6.92 Å². The summed E-state index contributed by atoms with van der Waals surface area (Å²) in [6.45, 7) is 4.89. The molecule has 1 aromatic carbocycles. The van der Waals surface area contributed by atoms with Crippen molar-refractivity contribution >= 4 is 0 Å². The molecule has 0 aliphatic carbocycles. The average molecular weight is 249 g/mol. The molecule has 0 saturated heterocycles. The van der Waals surface area contributed by atoms with E-state index in [2.05, 4.69) is 22.4 Å². The molecule has 1 aromatic heterocycles. The van der Waals surface area contributed by atoms with Gasteiger partial charge in [-0.05, 0) is 32.0 Å². The highest BCUT2D eigenvalue weighted by Gasteiger charge is 2.16. The van der Waals surface area contributed by atoms with E-state index in [9.17, 15) is 4.39 Å². The molecule has 0 aliphatic rings. The molecule has 1 atom stereocenters. The number of halogens is 1. The Morgan fingerprint density at radius 1 is 1.39 bits per heavy atom. The van der Waals surface area contributed by atoms with Gasteiger partial charge in [-0.2, -0.15) is 4.98 Å². The number of nitrogens with one attached hydrogen (secondary N) is 1. The maximum Gasteiger partial charge on any atom is 0.243 e. The van der Waals surface area contributed by atoms with Crippen LogP contribution in [0.1, 0.15) is 32.2 Å². The predicted molar refractivity (Wildman–Crippen MR) is 66.4 cm³/mol. The minimum absolute atomic E-state index is 0.0297. The predicted octanol–water partition coefficient (Wildman–Crippen LogP) is 2.94. The molecule has 5 heteroatoms. The largest absolute Gasteiger partial charge is 0.337 e. The van der Waals surface area contributed by atoms with E-state index in [0.29, 0.717) is 11.5 Å². The van der Waals surface area contributed by atoms with E-state index in [4.69, 9.17) is 4.52 Å². The van der Waals surface area contributed by atoms with Gasteiger partial charge < -0.3 is 9.84 Å². The van der Waals surface area contributed by atoms with Gasteiger partial charge in [0.25, 0.3) is 0 Å². The first-order chi connectivity index (χ1) is 8.72. The molecule has 4 nitrogen and oxygen atoms in total. The molecule has 2 rings (SSSR count).